The van der Waals surface area contributed by atoms with Gasteiger partial charge in [-0.2, -0.15) is 0 Å². The third kappa shape index (κ3) is 3.44. The molecule has 2 saturated heterocycles. The minimum Gasteiger partial charge on any atom is -0.395 e. The van der Waals surface area contributed by atoms with Crippen LogP contribution in [0.5, 0.6) is 0 Å². The highest BCUT2D eigenvalue weighted by Gasteiger charge is 2.49. The second kappa shape index (κ2) is 7.70. The molecule has 128 valence electrons. The Bertz CT molecular complexity index is 382. The van der Waals surface area contributed by atoms with Crippen LogP contribution in [0.25, 0.3) is 0 Å². The van der Waals surface area contributed by atoms with Crippen LogP contribution in [0.1, 0.15) is 32.6 Å². The maximum atomic E-state index is 12.0. The van der Waals surface area contributed by atoms with Crippen LogP contribution < -0.4 is 11.1 Å². The van der Waals surface area contributed by atoms with Gasteiger partial charge in [-0.25, -0.2) is 0 Å². The van der Waals surface area contributed by atoms with Crippen LogP contribution in [0.4, 0.5) is 0 Å². The maximum absolute atomic E-state index is 12.0. The Balaban J connectivity index is 2.14. The van der Waals surface area contributed by atoms with Crippen molar-refractivity contribution in [3.05, 3.63) is 0 Å². The van der Waals surface area contributed by atoms with Gasteiger partial charge >= 0.3 is 0 Å². The monoisotopic (exact) mass is 315 g/mol. The highest BCUT2D eigenvalue weighted by molar-refractivity contribution is 5.78. The molecule has 0 radical (unpaired) electrons. The van der Waals surface area contributed by atoms with Gasteiger partial charge in [-0.1, -0.05) is 13.3 Å². The third-order valence-electron chi connectivity index (χ3n) is 5.08. The molecule has 6 N–H and O–H groups in total. The van der Waals surface area contributed by atoms with E-state index in [1.807, 2.05) is 0 Å². The van der Waals surface area contributed by atoms with Gasteiger partial charge in [0, 0.05) is 12.1 Å². The number of nitrogens with two attached hydrogens (primary N) is 1. The Morgan fingerprint density at radius 1 is 1.41 bits per heavy atom. The van der Waals surface area contributed by atoms with E-state index in [0.29, 0.717) is 0 Å². The van der Waals surface area contributed by atoms with Gasteiger partial charge in [0.2, 0.25) is 5.91 Å². The number of carbonyl (C=O) groups excluding carboxylic acids is 1. The summed E-state index contributed by atoms with van der Waals surface area (Å²) in [6.07, 6.45) is 1.84. The van der Waals surface area contributed by atoms with Crippen LogP contribution in [-0.4, -0.2) is 76.2 Å². The zero-order valence-electron chi connectivity index (χ0n) is 13.2. The van der Waals surface area contributed by atoms with Crippen LogP contribution in [0, 0.1) is 5.92 Å². The number of amides is 1. The predicted octanol–water partition coefficient (Wildman–Crippen LogP) is -1.59. The summed E-state index contributed by atoms with van der Waals surface area (Å²) in [6.45, 7) is 3.69. The summed E-state index contributed by atoms with van der Waals surface area (Å²) < 4.78 is 0. The molecule has 2 heterocycles. The van der Waals surface area contributed by atoms with Crippen LogP contribution in [0.3, 0.4) is 0 Å². The summed E-state index contributed by atoms with van der Waals surface area (Å²) in [5.74, 6) is -1.03. The Morgan fingerprint density at radius 3 is 2.68 bits per heavy atom. The SMILES string of the molecule is CCCCN1CCCC1C(C(N)=O)[C@H]1N[C@H](CO)[C@@H](O)[C@H]1O. The van der Waals surface area contributed by atoms with E-state index in [2.05, 4.69) is 17.1 Å². The fourth-order valence-electron chi connectivity index (χ4n) is 3.87. The number of hydrogen-bond acceptors (Lipinski definition) is 6. The first-order chi connectivity index (χ1) is 10.5. The quantitative estimate of drug-likeness (QED) is 0.386. The van der Waals surface area contributed by atoms with E-state index in [1.165, 1.54) is 0 Å². The van der Waals surface area contributed by atoms with Crippen molar-refractivity contribution >= 4 is 5.91 Å². The molecule has 0 aliphatic carbocycles. The molecule has 2 aliphatic rings. The van der Waals surface area contributed by atoms with Crippen molar-refractivity contribution in [2.24, 2.45) is 11.7 Å². The summed E-state index contributed by atoms with van der Waals surface area (Å²) in [6, 6.07) is -1.25. The van der Waals surface area contributed by atoms with E-state index in [4.69, 9.17) is 5.73 Å². The number of unbranched alkanes of at least 4 members (excludes halogenated alkanes) is 1. The number of aliphatic hydroxyl groups excluding tert-OH is 3. The van der Waals surface area contributed by atoms with E-state index < -0.39 is 36.1 Å². The number of likely N-dealkylation sites (tertiary alicyclic amines) is 1. The van der Waals surface area contributed by atoms with Crippen molar-refractivity contribution in [1.29, 1.82) is 0 Å². The van der Waals surface area contributed by atoms with Gasteiger partial charge < -0.3 is 26.4 Å². The molecule has 7 nitrogen and oxygen atoms in total. The van der Waals surface area contributed by atoms with Crippen molar-refractivity contribution < 1.29 is 20.1 Å². The van der Waals surface area contributed by atoms with Crippen LogP contribution in [-0.2, 0) is 4.79 Å². The van der Waals surface area contributed by atoms with Gasteiger partial charge in [0.25, 0.3) is 0 Å². The molecule has 0 aromatic carbocycles. The summed E-state index contributed by atoms with van der Waals surface area (Å²) >= 11 is 0. The van der Waals surface area contributed by atoms with Gasteiger partial charge in [0.1, 0.15) is 0 Å². The van der Waals surface area contributed by atoms with Crippen molar-refractivity contribution in [2.45, 2.75) is 62.9 Å². The van der Waals surface area contributed by atoms with Crippen molar-refractivity contribution in [2.75, 3.05) is 19.7 Å². The summed E-state index contributed by atoms with van der Waals surface area (Å²) in [5, 5.41) is 32.5. The molecule has 2 unspecified atom stereocenters. The lowest BCUT2D eigenvalue weighted by Crippen LogP contribution is -2.54. The van der Waals surface area contributed by atoms with E-state index in [9.17, 15) is 20.1 Å². The van der Waals surface area contributed by atoms with Crippen molar-refractivity contribution in [3.63, 3.8) is 0 Å². The molecule has 6 atom stereocenters. The smallest absolute Gasteiger partial charge is 0.223 e. The Morgan fingerprint density at radius 2 is 2.14 bits per heavy atom. The number of nitrogens with zero attached hydrogens (tertiary/aromatic N) is 1. The fraction of sp³-hybridized carbons (Fsp3) is 0.933. The standard InChI is InChI=1S/C15H29N3O4/c1-2-3-6-18-7-4-5-10(18)11(15(16)22)12-14(21)13(20)9(8-19)17-12/h9-14,17,19-21H,2-8H2,1H3,(H2,16,22)/t9-,10?,11?,12-,13-,14+/m1/s1. The molecule has 0 aromatic rings. The molecule has 0 bridgehead atoms. The summed E-state index contributed by atoms with van der Waals surface area (Å²) in [4.78, 5) is 14.3. The zero-order valence-corrected chi connectivity index (χ0v) is 13.2. The number of rotatable bonds is 7. The van der Waals surface area contributed by atoms with Crippen molar-refractivity contribution in [3.8, 4) is 0 Å². The number of hydrogen-bond donors (Lipinski definition) is 5. The largest absolute Gasteiger partial charge is 0.395 e. The third-order valence-corrected chi connectivity index (χ3v) is 5.08. The minimum atomic E-state index is -1.09. The highest BCUT2D eigenvalue weighted by Crippen LogP contribution is 2.31. The van der Waals surface area contributed by atoms with Crippen molar-refractivity contribution in [1.82, 2.24) is 10.2 Å². The van der Waals surface area contributed by atoms with Crippen LogP contribution in [0.2, 0.25) is 0 Å². The Labute approximate surface area is 131 Å². The molecule has 22 heavy (non-hydrogen) atoms. The molecule has 7 heteroatoms. The molecule has 1 amide bonds. The number of aliphatic hydroxyl groups is 3. The Hall–Kier alpha value is -0.730. The predicted molar refractivity (Wildman–Crippen MR) is 82.0 cm³/mol. The van der Waals surface area contributed by atoms with Gasteiger partial charge in [-0.05, 0) is 32.4 Å². The molecule has 2 rings (SSSR count). The highest BCUT2D eigenvalue weighted by atomic mass is 16.3. The zero-order chi connectivity index (χ0) is 16.3. The average Bonchev–Trinajstić information content (AvgIpc) is 3.05. The average molecular weight is 315 g/mol. The first kappa shape index (κ1) is 17.6. The van der Waals surface area contributed by atoms with Gasteiger partial charge in [-0.3, -0.25) is 9.69 Å². The lowest BCUT2D eigenvalue weighted by atomic mass is 9.86. The first-order valence-electron chi connectivity index (χ1n) is 8.27. The second-order valence-electron chi connectivity index (χ2n) is 6.49. The van der Waals surface area contributed by atoms with Gasteiger partial charge in [0.05, 0.1) is 30.8 Å². The van der Waals surface area contributed by atoms with Gasteiger partial charge in [0.15, 0.2) is 0 Å². The molecule has 0 aromatic heterocycles. The van der Waals surface area contributed by atoms with Crippen LogP contribution >= 0.6 is 0 Å². The van der Waals surface area contributed by atoms with E-state index in [0.717, 1.165) is 38.8 Å². The second-order valence-corrected chi connectivity index (χ2v) is 6.49. The van der Waals surface area contributed by atoms with E-state index in [-0.39, 0.29) is 12.6 Å². The van der Waals surface area contributed by atoms with Gasteiger partial charge in [-0.15, -0.1) is 0 Å². The molecule has 2 fully saturated rings. The molecule has 0 saturated carbocycles. The molecular formula is C15H29N3O4. The van der Waals surface area contributed by atoms with Crippen LogP contribution in [0.15, 0.2) is 0 Å². The normalized spacial score (nSPS) is 37.5. The lowest BCUT2D eigenvalue weighted by Gasteiger charge is -2.34. The molecule has 0 spiro atoms. The lowest BCUT2D eigenvalue weighted by molar-refractivity contribution is -0.126. The summed E-state index contributed by atoms with van der Waals surface area (Å²) in [5.41, 5.74) is 5.62. The maximum Gasteiger partial charge on any atom is 0.223 e. The topological polar surface area (TPSA) is 119 Å². The molecule has 2 aliphatic heterocycles. The number of carbonyl (C=O) groups is 1. The fourth-order valence-corrected chi connectivity index (χ4v) is 3.87. The van der Waals surface area contributed by atoms with E-state index >= 15 is 0 Å². The number of primary amides is 1. The number of nitrogens with one attached hydrogen (secondary N) is 1. The summed E-state index contributed by atoms with van der Waals surface area (Å²) in [7, 11) is 0. The first-order valence-corrected chi connectivity index (χ1v) is 8.27. The Kier molecular flexibility index (Phi) is 6.17. The molecular weight excluding hydrogens is 286 g/mol. The minimum absolute atomic E-state index is 0.0131. The van der Waals surface area contributed by atoms with E-state index in [1.54, 1.807) is 0 Å².